The lowest BCUT2D eigenvalue weighted by molar-refractivity contribution is -0.131. The highest BCUT2D eigenvalue weighted by Gasteiger charge is 2.29. The first kappa shape index (κ1) is 21.0. The third kappa shape index (κ3) is 4.91. The van der Waals surface area contributed by atoms with E-state index < -0.39 is 5.97 Å². The zero-order chi connectivity index (χ0) is 21.8. The molecule has 0 radical (unpaired) electrons. The predicted octanol–water partition coefficient (Wildman–Crippen LogP) is 4.82. The van der Waals surface area contributed by atoms with E-state index in [0.29, 0.717) is 42.5 Å². The van der Waals surface area contributed by atoms with Gasteiger partial charge in [0.1, 0.15) is 5.75 Å². The van der Waals surface area contributed by atoms with Gasteiger partial charge in [0.2, 0.25) is 5.95 Å². The summed E-state index contributed by atoms with van der Waals surface area (Å²) >= 11 is 6.11. The van der Waals surface area contributed by atoms with Crippen LogP contribution in [0.3, 0.4) is 0 Å². The monoisotopic (exact) mass is 435 g/mol. The van der Waals surface area contributed by atoms with Crippen LogP contribution >= 0.6 is 11.6 Å². The number of hydrogen-bond donors (Lipinski definition) is 0. The molecule has 0 bridgehead atoms. The van der Waals surface area contributed by atoms with Gasteiger partial charge in [-0.2, -0.15) is 0 Å². The van der Waals surface area contributed by atoms with Crippen LogP contribution in [0.1, 0.15) is 30.1 Å². The smallest absolute Gasteiger partial charge is 0.308 e. The molecule has 2 heterocycles. The fourth-order valence-corrected chi connectivity index (χ4v) is 4.02. The maximum atomic E-state index is 13.3. The average molecular weight is 436 g/mol. The molecule has 1 aliphatic heterocycles. The maximum absolute atomic E-state index is 13.3. The van der Waals surface area contributed by atoms with Gasteiger partial charge in [-0.3, -0.25) is 9.59 Å². The van der Waals surface area contributed by atoms with Crippen molar-refractivity contribution in [1.29, 1.82) is 0 Å². The van der Waals surface area contributed by atoms with Crippen LogP contribution in [0.2, 0.25) is 5.02 Å². The van der Waals surface area contributed by atoms with Gasteiger partial charge in [0.25, 0.3) is 0 Å². The van der Waals surface area contributed by atoms with Crippen molar-refractivity contribution in [3.8, 4) is 16.9 Å². The van der Waals surface area contributed by atoms with E-state index in [1.54, 1.807) is 36.7 Å². The molecule has 0 spiro atoms. The van der Waals surface area contributed by atoms with Crippen molar-refractivity contribution in [3.05, 3.63) is 71.5 Å². The van der Waals surface area contributed by atoms with Gasteiger partial charge in [-0.05, 0) is 54.3 Å². The van der Waals surface area contributed by atoms with Crippen molar-refractivity contribution in [2.24, 2.45) is 5.92 Å². The molecule has 0 saturated carbocycles. The molecule has 0 atom stereocenters. The molecule has 158 valence electrons. The molecular weight excluding hydrogens is 414 g/mol. The number of ketones is 1. The number of carbonyl (C=O) groups excluding carboxylic acids is 2. The fraction of sp³-hybridized carbons (Fsp3) is 0.250. The van der Waals surface area contributed by atoms with Crippen molar-refractivity contribution in [2.45, 2.75) is 19.8 Å². The lowest BCUT2D eigenvalue weighted by atomic mass is 9.88. The molecule has 6 nitrogen and oxygen atoms in total. The van der Waals surface area contributed by atoms with E-state index >= 15 is 0 Å². The Morgan fingerprint density at radius 1 is 1.00 bits per heavy atom. The number of hydrogen-bond acceptors (Lipinski definition) is 6. The van der Waals surface area contributed by atoms with E-state index in [4.69, 9.17) is 16.3 Å². The van der Waals surface area contributed by atoms with Crippen molar-refractivity contribution in [2.75, 3.05) is 18.0 Å². The van der Waals surface area contributed by atoms with Gasteiger partial charge in [-0.25, -0.2) is 9.97 Å². The number of Topliss-reactive ketones (excluding diaryl/α,β-unsaturated/α-hetero) is 1. The fourth-order valence-electron chi connectivity index (χ4n) is 3.83. The highest BCUT2D eigenvalue weighted by Crippen LogP contribution is 2.32. The number of anilines is 1. The molecule has 4 rings (SSSR count). The van der Waals surface area contributed by atoms with E-state index in [-0.39, 0.29) is 17.5 Å². The number of esters is 1. The molecule has 3 aromatic rings. The molecule has 1 aliphatic rings. The van der Waals surface area contributed by atoms with Crippen LogP contribution in [0.4, 0.5) is 5.95 Å². The first-order valence-electron chi connectivity index (χ1n) is 10.2. The summed E-state index contributed by atoms with van der Waals surface area (Å²) < 4.78 is 5.42. The lowest BCUT2D eigenvalue weighted by Crippen LogP contribution is -2.37. The SMILES string of the molecule is CC(=O)Oc1cc(-c2cccc(Cl)c2)ccc1C(=O)C1CCN(c2ncccn2)CC1. The van der Waals surface area contributed by atoms with Crippen LogP contribution < -0.4 is 9.64 Å². The Morgan fingerprint density at radius 3 is 2.39 bits per heavy atom. The molecule has 0 amide bonds. The van der Waals surface area contributed by atoms with Crippen molar-refractivity contribution < 1.29 is 14.3 Å². The number of halogens is 1. The minimum Gasteiger partial charge on any atom is -0.426 e. The Bertz CT molecular complexity index is 1100. The average Bonchev–Trinajstić information content (AvgIpc) is 2.79. The Balaban J connectivity index is 1.55. The van der Waals surface area contributed by atoms with Crippen molar-refractivity contribution >= 4 is 29.3 Å². The Hall–Kier alpha value is -3.25. The summed E-state index contributed by atoms with van der Waals surface area (Å²) in [7, 11) is 0. The Morgan fingerprint density at radius 2 is 1.71 bits per heavy atom. The second-order valence-electron chi connectivity index (χ2n) is 7.49. The first-order chi connectivity index (χ1) is 15.0. The molecule has 0 unspecified atom stereocenters. The number of rotatable bonds is 5. The topological polar surface area (TPSA) is 72.4 Å². The highest BCUT2D eigenvalue weighted by atomic mass is 35.5. The van der Waals surface area contributed by atoms with E-state index in [1.165, 1.54) is 6.92 Å². The third-order valence-electron chi connectivity index (χ3n) is 5.36. The van der Waals surface area contributed by atoms with Crippen LogP contribution in [-0.2, 0) is 4.79 Å². The van der Waals surface area contributed by atoms with Crippen molar-refractivity contribution in [1.82, 2.24) is 9.97 Å². The van der Waals surface area contributed by atoms with E-state index in [1.807, 2.05) is 24.3 Å². The molecule has 1 aromatic heterocycles. The van der Waals surface area contributed by atoms with Crippen LogP contribution in [-0.4, -0.2) is 34.8 Å². The van der Waals surface area contributed by atoms with Gasteiger partial charge < -0.3 is 9.64 Å². The minimum atomic E-state index is -0.465. The predicted molar refractivity (Wildman–Crippen MR) is 119 cm³/mol. The molecule has 1 fully saturated rings. The quantitative estimate of drug-likeness (QED) is 0.325. The summed E-state index contributed by atoms with van der Waals surface area (Å²) in [5.74, 6) is 0.339. The summed E-state index contributed by atoms with van der Waals surface area (Å²) in [5, 5.41) is 0.612. The van der Waals surface area contributed by atoms with E-state index in [2.05, 4.69) is 14.9 Å². The number of nitrogens with zero attached hydrogens (tertiary/aromatic N) is 3. The maximum Gasteiger partial charge on any atom is 0.308 e. The largest absolute Gasteiger partial charge is 0.426 e. The molecule has 1 saturated heterocycles. The zero-order valence-electron chi connectivity index (χ0n) is 17.1. The second kappa shape index (κ2) is 9.27. The second-order valence-corrected chi connectivity index (χ2v) is 7.93. The van der Waals surface area contributed by atoms with E-state index in [9.17, 15) is 9.59 Å². The summed E-state index contributed by atoms with van der Waals surface area (Å²) in [6, 6.07) is 14.5. The Kier molecular flexibility index (Phi) is 6.28. The minimum absolute atomic E-state index is 0.0116. The number of ether oxygens (including phenoxy) is 1. The van der Waals surface area contributed by atoms with Crippen LogP contribution in [0.15, 0.2) is 60.9 Å². The van der Waals surface area contributed by atoms with E-state index in [0.717, 1.165) is 11.1 Å². The lowest BCUT2D eigenvalue weighted by Gasteiger charge is -2.31. The molecule has 0 N–H and O–H groups in total. The number of carbonyl (C=O) groups is 2. The van der Waals surface area contributed by atoms with Gasteiger partial charge in [0.15, 0.2) is 5.78 Å². The number of piperidine rings is 1. The summed E-state index contributed by atoms with van der Waals surface area (Å²) in [5.41, 5.74) is 2.14. The molecule has 7 heteroatoms. The van der Waals surface area contributed by atoms with Gasteiger partial charge in [0.05, 0.1) is 5.56 Å². The zero-order valence-corrected chi connectivity index (χ0v) is 17.9. The number of benzene rings is 2. The van der Waals surface area contributed by atoms with Crippen molar-refractivity contribution in [3.63, 3.8) is 0 Å². The summed E-state index contributed by atoms with van der Waals surface area (Å²) in [6.07, 6.45) is 4.80. The number of aromatic nitrogens is 2. The first-order valence-corrected chi connectivity index (χ1v) is 10.5. The summed E-state index contributed by atoms with van der Waals surface area (Å²) in [6.45, 7) is 2.73. The van der Waals surface area contributed by atoms with Gasteiger partial charge in [-0.15, -0.1) is 0 Å². The Labute approximate surface area is 185 Å². The van der Waals surface area contributed by atoms with Gasteiger partial charge >= 0.3 is 5.97 Å². The molecular formula is C24H22ClN3O3. The van der Waals surface area contributed by atoms with Gasteiger partial charge in [0, 0.05) is 43.3 Å². The third-order valence-corrected chi connectivity index (χ3v) is 5.59. The van der Waals surface area contributed by atoms with Gasteiger partial charge in [-0.1, -0.05) is 29.8 Å². The standard InChI is InChI=1S/C24H22ClN3O3/c1-16(29)31-22-15-19(18-4-2-5-20(25)14-18)6-7-21(22)23(30)17-8-12-28(13-9-17)24-26-10-3-11-27-24/h2-7,10-11,14-15,17H,8-9,12-13H2,1H3. The van der Waals surface area contributed by atoms with Crippen LogP contribution in [0.5, 0.6) is 5.75 Å². The van der Waals surface area contributed by atoms with Crippen LogP contribution in [0.25, 0.3) is 11.1 Å². The molecule has 0 aliphatic carbocycles. The summed E-state index contributed by atoms with van der Waals surface area (Å²) in [4.78, 5) is 35.6. The highest BCUT2D eigenvalue weighted by molar-refractivity contribution is 6.30. The molecule has 2 aromatic carbocycles. The van der Waals surface area contributed by atoms with Crippen LogP contribution in [0, 0.1) is 5.92 Å². The molecule has 31 heavy (non-hydrogen) atoms. The normalized spacial score (nSPS) is 14.3.